The molecule has 4 N–H and O–H groups in total. The number of hydrogen-bond donors (Lipinski definition) is 2. The molecule has 0 fully saturated rings. The Morgan fingerprint density at radius 2 is 1.91 bits per heavy atom. The fourth-order valence-electron chi connectivity index (χ4n) is 3.10. The zero-order valence-corrected chi connectivity index (χ0v) is 13.6. The number of aromatic nitrogens is 2. The normalized spacial score (nSPS) is 11.3. The predicted molar refractivity (Wildman–Crippen MR) is 94.2 cm³/mol. The van der Waals surface area contributed by atoms with Crippen LogP contribution in [0.5, 0.6) is 0 Å². The molecule has 1 amide bonds. The second-order valence-electron chi connectivity index (χ2n) is 5.60. The number of rotatable bonds is 4. The number of pyridine rings is 1. The fourth-order valence-corrected chi connectivity index (χ4v) is 3.10. The van der Waals surface area contributed by atoms with Gasteiger partial charge in [-0.1, -0.05) is 0 Å². The molecule has 1 aromatic carbocycles. The Hall–Kier alpha value is -2.76. The average Bonchev–Trinajstić information content (AvgIpc) is 2.88. The van der Waals surface area contributed by atoms with Gasteiger partial charge in [-0.25, -0.2) is 0 Å². The minimum Gasteiger partial charge on any atom is -0.372 e. The molecule has 0 unspecified atom stereocenters. The second kappa shape index (κ2) is 5.46. The molecule has 120 valence electrons. The summed E-state index contributed by atoms with van der Waals surface area (Å²) in [5, 5.41) is 1.77. The Labute approximate surface area is 134 Å². The lowest BCUT2D eigenvalue weighted by molar-refractivity contribution is 0.0993. The number of carbonyl (C=O) groups excluding carboxylic acids is 1. The van der Waals surface area contributed by atoms with Crippen molar-refractivity contribution in [2.75, 3.05) is 23.8 Å². The van der Waals surface area contributed by atoms with Crippen molar-refractivity contribution in [3.8, 4) is 0 Å². The van der Waals surface area contributed by atoms with Crippen LogP contribution >= 0.6 is 0 Å². The van der Waals surface area contributed by atoms with Gasteiger partial charge < -0.3 is 16.5 Å². The molecule has 0 spiro atoms. The maximum atomic E-state index is 11.6. The van der Waals surface area contributed by atoms with Crippen molar-refractivity contribution in [2.45, 2.75) is 20.8 Å². The van der Waals surface area contributed by atoms with E-state index in [0.29, 0.717) is 0 Å². The molecule has 23 heavy (non-hydrogen) atoms. The van der Waals surface area contributed by atoms with Gasteiger partial charge in [-0.15, -0.1) is 0 Å². The van der Waals surface area contributed by atoms with E-state index >= 15 is 0 Å². The van der Waals surface area contributed by atoms with Crippen LogP contribution in [0.4, 0.5) is 5.69 Å². The first kappa shape index (κ1) is 15.1. The minimum absolute atomic E-state index is 0.283. The Morgan fingerprint density at radius 3 is 2.52 bits per heavy atom. The standard InChI is InChI=1S/C17H21N5O/c1-4-21(5-2)11-6-7-14-13(8-11)16-12(10(3)20-14)9-15(17(18)23)22(16)19/h6-9H,4-5,19H2,1-3H3,(H2,18,23). The zero-order valence-electron chi connectivity index (χ0n) is 13.6. The number of aryl methyl sites for hydroxylation is 1. The largest absolute Gasteiger partial charge is 0.372 e. The highest BCUT2D eigenvalue weighted by atomic mass is 16.1. The number of nitrogens with zero attached hydrogens (tertiary/aromatic N) is 3. The van der Waals surface area contributed by atoms with Crippen LogP contribution < -0.4 is 16.5 Å². The summed E-state index contributed by atoms with van der Waals surface area (Å²) in [6.07, 6.45) is 0. The number of amides is 1. The third kappa shape index (κ3) is 2.27. The summed E-state index contributed by atoms with van der Waals surface area (Å²) in [4.78, 5) is 18.5. The highest BCUT2D eigenvalue weighted by Gasteiger charge is 2.17. The van der Waals surface area contributed by atoms with E-state index in [-0.39, 0.29) is 5.69 Å². The van der Waals surface area contributed by atoms with Gasteiger partial charge in [0.2, 0.25) is 0 Å². The van der Waals surface area contributed by atoms with Gasteiger partial charge >= 0.3 is 0 Å². The molecule has 6 nitrogen and oxygen atoms in total. The van der Waals surface area contributed by atoms with Gasteiger partial charge in [0.25, 0.3) is 5.91 Å². The lowest BCUT2D eigenvalue weighted by Crippen LogP contribution is -2.22. The minimum atomic E-state index is -0.545. The monoisotopic (exact) mass is 311 g/mol. The van der Waals surface area contributed by atoms with E-state index in [4.69, 9.17) is 11.6 Å². The van der Waals surface area contributed by atoms with E-state index < -0.39 is 5.91 Å². The molecule has 0 aliphatic carbocycles. The number of primary amides is 1. The van der Waals surface area contributed by atoms with Crippen LogP contribution in [0.2, 0.25) is 0 Å². The molecule has 6 heteroatoms. The fraction of sp³-hybridized carbons (Fsp3) is 0.294. The number of nitrogens with two attached hydrogens (primary N) is 2. The first-order chi connectivity index (χ1) is 11.0. The average molecular weight is 311 g/mol. The van der Waals surface area contributed by atoms with Crippen LogP contribution in [0.15, 0.2) is 24.3 Å². The van der Waals surface area contributed by atoms with Crippen LogP contribution in [-0.4, -0.2) is 28.7 Å². The molecular formula is C17H21N5O. The smallest absolute Gasteiger partial charge is 0.267 e. The van der Waals surface area contributed by atoms with Gasteiger partial charge in [0.1, 0.15) is 5.69 Å². The number of hydrogen-bond acceptors (Lipinski definition) is 4. The van der Waals surface area contributed by atoms with Gasteiger partial charge in [-0.3, -0.25) is 14.5 Å². The van der Waals surface area contributed by atoms with E-state index in [1.807, 2.05) is 13.0 Å². The Kier molecular flexibility index (Phi) is 3.60. The van der Waals surface area contributed by atoms with Crippen LogP contribution in [0.3, 0.4) is 0 Å². The molecule has 0 aliphatic heterocycles. The van der Waals surface area contributed by atoms with Gasteiger partial charge in [-0.05, 0) is 45.0 Å². The molecule has 0 radical (unpaired) electrons. The summed E-state index contributed by atoms with van der Waals surface area (Å²) in [7, 11) is 0. The SMILES string of the molecule is CCN(CC)c1ccc2nc(C)c3cc(C(N)=O)n(N)c3c2c1. The van der Waals surface area contributed by atoms with Crippen molar-refractivity contribution in [1.29, 1.82) is 0 Å². The Morgan fingerprint density at radius 1 is 1.22 bits per heavy atom. The Balaban J connectivity index is 2.39. The van der Waals surface area contributed by atoms with Gasteiger partial charge in [0.15, 0.2) is 0 Å². The molecule has 0 saturated heterocycles. The number of anilines is 1. The highest BCUT2D eigenvalue weighted by molar-refractivity contribution is 6.09. The predicted octanol–water partition coefficient (Wildman–Crippen LogP) is 2.16. The Bertz CT molecular complexity index is 908. The first-order valence-electron chi connectivity index (χ1n) is 7.73. The van der Waals surface area contributed by atoms with Crippen molar-refractivity contribution in [1.82, 2.24) is 9.66 Å². The van der Waals surface area contributed by atoms with Crippen molar-refractivity contribution >= 4 is 33.4 Å². The number of fused-ring (bicyclic) bond motifs is 3. The highest BCUT2D eigenvalue weighted by Crippen LogP contribution is 2.30. The van der Waals surface area contributed by atoms with Crippen molar-refractivity contribution in [2.24, 2.45) is 5.73 Å². The zero-order chi connectivity index (χ0) is 16.7. The summed E-state index contributed by atoms with van der Waals surface area (Å²) in [5.41, 5.74) is 9.29. The molecule has 0 atom stereocenters. The van der Waals surface area contributed by atoms with E-state index in [9.17, 15) is 4.79 Å². The third-order valence-corrected chi connectivity index (χ3v) is 4.33. The van der Waals surface area contributed by atoms with E-state index in [1.165, 1.54) is 4.68 Å². The van der Waals surface area contributed by atoms with E-state index in [1.54, 1.807) is 6.07 Å². The third-order valence-electron chi connectivity index (χ3n) is 4.33. The first-order valence-corrected chi connectivity index (χ1v) is 7.73. The molecule has 2 heterocycles. The topological polar surface area (TPSA) is 90.2 Å². The second-order valence-corrected chi connectivity index (χ2v) is 5.60. The molecule has 0 saturated carbocycles. The van der Waals surface area contributed by atoms with Crippen molar-refractivity contribution < 1.29 is 4.79 Å². The maximum Gasteiger partial charge on any atom is 0.267 e. The summed E-state index contributed by atoms with van der Waals surface area (Å²) < 4.78 is 1.38. The van der Waals surface area contributed by atoms with Crippen molar-refractivity contribution in [3.05, 3.63) is 35.7 Å². The van der Waals surface area contributed by atoms with Crippen LogP contribution in [0.1, 0.15) is 30.0 Å². The van der Waals surface area contributed by atoms with Gasteiger partial charge in [0, 0.05) is 35.2 Å². The molecule has 3 rings (SSSR count). The maximum absolute atomic E-state index is 11.6. The molecular weight excluding hydrogens is 290 g/mol. The molecule has 0 aliphatic rings. The molecule has 2 aromatic heterocycles. The van der Waals surface area contributed by atoms with Crippen molar-refractivity contribution in [3.63, 3.8) is 0 Å². The van der Waals surface area contributed by atoms with E-state index in [0.717, 1.165) is 46.3 Å². The lowest BCUT2D eigenvalue weighted by Gasteiger charge is -2.21. The quantitative estimate of drug-likeness (QED) is 0.722. The summed E-state index contributed by atoms with van der Waals surface area (Å²) in [5.74, 6) is 5.60. The van der Waals surface area contributed by atoms with Crippen LogP contribution in [0.25, 0.3) is 21.8 Å². The van der Waals surface area contributed by atoms with Crippen LogP contribution in [-0.2, 0) is 0 Å². The number of nitrogen functional groups attached to an aromatic ring is 1. The summed E-state index contributed by atoms with van der Waals surface area (Å²) in [6, 6.07) is 7.84. The lowest BCUT2D eigenvalue weighted by atomic mass is 10.1. The summed E-state index contributed by atoms with van der Waals surface area (Å²) in [6.45, 7) is 7.98. The molecule has 3 aromatic rings. The molecule has 0 bridgehead atoms. The van der Waals surface area contributed by atoms with Crippen LogP contribution in [0, 0.1) is 6.92 Å². The van der Waals surface area contributed by atoms with Gasteiger partial charge in [-0.2, -0.15) is 0 Å². The number of benzene rings is 1. The van der Waals surface area contributed by atoms with Gasteiger partial charge in [0.05, 0.1) is 11.0 Å². The summed E-state index contributed by atoms with van der Waals surface area (Å²) >= 11 is 0. The number of carbonyl (C=O) groups is 1. The van der Waals surface area contributed by atoms with E-state index in [2.05, 4.69) is 35.9 Å².